The van der Waals surface area contributed by atoms with Crippen LogP contribution in [0.4, 0.5) is 15.8 Å². The Morgan fingerprint density at radius 3 is 2.56 bits per heavy atom. The lowest BCUT2D eigenvalue weighted by Crippen LogP contribution is -2.30. The Balaban J connectivity index is 1.73. The molecule has 0 saturated heterocycles. The van der Waals surface area contributed by atoms with Crippen molar-refractivity contribution in [1.82, 2.24) is 14.8 Å². The average Bonchev–Trinajstić information content (AvgIpc) is 3.14. The molecule has 0 aliphatic rings. The Morgan fingerprint density at radius 1 is 1.19 bits per heavy atom. The second kappa shape index (κ2) is 10.1. The minimum atomic E-state index is -3.55. The maximum absolute atomic E-state index is 13.9. The Morgan fingerprint density at radius 2 is 1.91 bits per heavy atom. The van der Waals surface area contributed by atoms with Crippen molar-refractivity contribution in [2.45, 2.75) is 32.1 Å². The molecule has 0 unspecified atom stereocenters. The van der Waals surface area contributed by atoms with E-state index in [2.05, 4.69) is 15.5 Å². The van der Waals surface area contributed by atoms with Crippen LogP contribution in [0.3, 0.4) is 0 Å². The molecule has 0 bridgehead atoms. The lowest BCUT2D eigenvalue weighted by molar-refractivity contribution is -0.113. The van der Waals surface area contributed by atoms with E-state index in [9.17, 15) is 17.6 Å². The van der Waals surface area contributed by atoms with Crippen LogP contribution >= 0.6 is 11.8 Å². The molecule has 1 amide bonds. The highest BCUT2D eigenvalue weighted by atomic mass is 32.2. The lowest BCUT2D eigenvalue weighted by atomic mass is 10.2. The van der Waals surface area contributed by atoms with Crippen LogP contribution in [0.2, 0.25) is 0 Å². The van der Waals surface area contributed by atoms with Gasteiger partial charge in [-0.1, -0.05) is 36.0 Å². The number of carbonyl (C=O) groups is 1. The van der Waals surface area contributed by atoms with Crippen LogP contribution in [-0.4, -0.2) is 41.1 Å². The number of amides is 1. The molecule has 0 saturated carbocycles. The zero-order valence-corrected chi connectivity index (χ0v) is 19.6. The Hall–Kier alpha value is -2.92. The molecule has 0 atom stereocenters. The van der Waals surface area contributed by atoms with E-state index in [0.29, 0.717) is 23.2 Å². The number of rotatable bonds is 9. The van der Waals surface area contributed by atoms with Gasteiger partial charge >= 0.3 is 0 Å². The minimum Gasteiger partial charge on any atom is -0.323 e. The predicted octanol–water partition coefficient (Wildman–Crippen LogP) is 3.44. The fourth-order valence-electron chi connectivity index (χ4n) is 3.03. The zero-order valence-electron chi connectivity index (χ0n) is 17.9. The molecule has 2 aromatic carbocycles. The SMILES string of the molecule is CCn1c(CN(c2ccccc2)S(C)(=O)=O)nnc1SCC(=O)Nc1cc(C)ccc1F. The summed E-state index contributed by atoms with van der Waals surface area (Å²) in [5, 5.41) is 11.3. The van der Waals surface area contributed by atoms with Crippen LogP contribution in [0.15, 0.2) is 53.7 Å². The number of aromatic nitrogens is 3. The van der Waals surface area contributed by atoms with E-state index < -0.39 is 15.8 Å². The highest BCUT2D eigenvalue weighted by Gasteiger charge is 2.22. The summed E-state index contributed by atoms with van der Waals surface area (Å²) in [5.74, 6) is -0.433. The number of carbonyl (C=O) groups excluding carboxylic acids is 1. The number of halogens is 1. The number of aryl methyl sites for hydroxylation is 1. The average molecular weight is 478 g/mol. The molecule has 1 aromatic heterocycles. The molecular weight excluding hydrogens is 453 g/mol. The molecule has 0 radical (unpaired) electrons. The normalized spacial score (nSPS) is 11.4. The first-order valence-electron chi connectivity index (χ1n) is 9.82. The summed E-state index contributed by atoms with van der Waals surface area (Å²) in [6.07, 6.45) is 1.14. The van der Waals surface area contributed by atoms with E-state index in [-0.39, 0.29) is 23.9 Å². The number of anilines is 2. The van der Waals surface area contributed by atoms with Gasteiger partial charge in [0.25, 0.3) is 0 Å². The molecule has 8 nitrogen and oxygen atoms in total. The molecule has 1 N–H and O–H groups in total. The van der Waals surface area contributed by atoms with Crippen LogP contribution in [-0.2, 0) is 27.9 Å². The Labute approximate surface area is 190 Å². The molecule has 11 heteroatoms. The van der Waals surface area contributed by atoms with Gasteiger partial charge in [0.2, 0.25) is 15.9 Å². The summed E-state index contributed by atoms with van der Waals surface area (Å²) in [6, 6.07) is 13.2. The van der Waals surface area contributed by atoms with Gasteiger partial charge in [0.15, 0.2) is 11.0 Å². The largest absolute Gasteiger partial charge is 0.323 e. The second-order valence-corrected chi connectivity index (χ2v) is 9.92. The first-order chi connectivity index (χ1) is 15.2. The maximum atomic E-state index is 13.9. The number of nitrogens with one attached hydrogen (secondary N) is 1. The van der Waals surface area contributed by atoms with Crippen molar-refractivity contribution in [3.05, 3.63) is 65.7 Å². The van der Waals surface area contributed by atoms with Crippen LogP contribution in [0.1, 0.15) is 18.3 Å². The number of sulfonamides is 1. The van der Waals surface area contributed by atoms with E-state index in [1.54, 1.807) is 47.0 Å². The van der Waals surface area contributed by atoms with Crippen molar-refractivity contribution in [3.63, 3.8) is 0 Å². The summed E-state index contributed by atoms with van der Waals surface area (Å²) in [5.41, 5.74) is 1.48. The second-order valence-electron chi connectivity index (χ2n) is 7.07. The molecule has 0 aliphatic carbocycles. The minimum absolute atomic E-state index is 0.00000875. The fraction of sp³-hybridized carbons (Fsp3) is 0.286. The topological polar surface area (TPSA) is 97.2 Å². The van der Waals surface area contributed by atoms with Crippen LogP contribution < -0.4 is 9.62 Å². The Kier molecular flexibility index (Phi) is 7.52. The van der Waals surface area contributed by atoms with Crippen molar-refractivity contribution >= 4 is 39.1 Å². The van der Waals surface area contributed by atoms with Crippen molar-refractivity contribution in [2.24, 2.45) is 0 Å². The van der Waals surface area contributed by atoms with Gasteiger partial charge in [0.05, 0.1) is 29.9 Å². The van der Waals surface area contributed by atoms with Crippen molar-refractivity contribution in [2.75, 3.05) is 21.6 Å². The van der Waals surface area contributed by atoms with Crippen molar-refractivity contribution in [1.29, 1.82) is 0 Å². The standard InChI is InChI=1S/C21H24FN5O3S2/c1-4-26-19(13-27(32(3,29)30)16-8-6-5-7-9-16)24-25-21(26)31-14-20(28)23-18-12-15(2)10-11-17(18)22/h5-12H,4,13-14H2,1-3H3,(H,23,28). The van der Waals surface area contributed by atoms with Gasteiger partial charge in [0, 0.05) is 6.54 Å². The zero-order chi connectivity index (χ0) is 23.3. The first-order valence-corrected chi connectivity index (χ1v) is 12.7. The maximum Gasteiger partial charge on any atom is 0.234 e. The third kappa shape index (κ3) is 5.86. The fourth-order valence-corrected chi connectivity index (χ4v) is 4.71. The molecular formula is C21H24FN5O3S2. The summed E-state index contributed by atoms with van der Waals surface area (Å²) in [4.78, 5) is 12.3. The van der Waals surface area contributed by atoms with Crippen molar-refractivity contribution in [3.8, 4) is 0 Å². The highest BCUT2D eigenvalue weighted by Crippen LogP contribution is 2.23. The predicted molar refractivity (Wildman–Crippen MR) is 124 cm³/mol. The molecule has 0 fully saturated rings. The van der Waals surface area contributed by atoms with Crippen LogP contribution in [0, 0.1) is 12.7 Å². The summed E-state index contributed by atoms with van der Waals surface area (Å²) in [6.45, 7) is 4.19. The summed E-state index contributed by atoms with van der Waals surface area (Å²) >= 11 is 1.15. The van der Waals surface area contributed by atoms with Gasteiger partial charge in [-0.3, -0.25) is 9.10 Å². The molecule has 1 heterocycles. The number of hydrogen-bond acceptors (Lipinski definition) is 6. The molecule has 0 spiro atoms. The molecule has 0 aliphatic heterocycles. The van der Waals surface area contributed by atoms with Crippen molar-refractivity contribution < 1.29 is 17.6 Å². The van der Waals surface area contributed by atoms with E-state index in [0.717, 1.165) is 23.6 Å². The van der Waals surface area contributed by atoms with E-state index in [1.165, 1.54) is 10.4 Å². The first kappa shape index (κ1) is 23.7. The lowest BCUT2D eigenvalue weighted by Gasteiger charge is -2.22. The van der Waals surface area contributed by atoms with Gasteiger partial charge in [-0.2, -0.15) is 0 Å². The third-order valence-corrected chi connectivity index (χ3v) is 6.67. The smallest absolute Gasteiger partial charge is 0.234 e. The van der Waals surface area contributed by atoms with Gasteiger partial charge < -0.3 is 9.88 Å². The van der Waals surface area contributed by atoms with Crippen LogP contribution in [0.5, 0.6) is 0 Å². The van der Waals surface area contributed by atoms with Crippen LogP contribution in [0.25, 0.3) is 0 Å². The van der Waals surface area contributed by atoms with Gasteiger partial charge in [-0.05, 0) is 43.7 Å². The van der Waals surface area contributed by atoms with Gasteiger partial charge in [-0.15, -0.1) is 10.2 Å². The Bertz CT molecular complexity index is 1200. The van der Waals surface area contributed by atoms with Gasteiger partial charge in [0.1, 0.15) is 5.82 Å². The number of benzene rings is 2. The summed E-state index contributed by atoms with van der Waals surface area (Å²) < 4.78 is 41.6. The molecule has 3 aromatic rings. The number of nitrogens with zero attached hydrogens (tertiary/aromatic N) is 4. The summed E-state index contributed by atoms with van der Waals surface area (Å²) in [7, 11) is -3.55. The molecule has 32 heavy (non-hydrogen) atoms. The molecule has 3 rings (SSSR count). The third-order valence-electron chi connectivity index (χ3n) is 4.57. The number of thioether (sulfide) groups is 1. The van der Waals surface area contributed by atoms with Gasteiger partial charge in [-0.25, -0.2) is 12.8 Å². The quantitative estimate of drug-likeness (QED) is 0.474. The van der Waals surface area contributed by atoms with E-state index in [4.69, 9.17) is 0 Å². The number of hydrogen-bond donors (Lipinski definition) is 1. The van der Waals surface area contributed by atoms with E-state index >= 15 is 0 Å². The molecule has 170 valence electrons. The van der Waals surface area contributed by atoms with E-state index in [1.807, 2.05) is 13.8 Å². The number of para-hydroxylation sites is 1. The monoisotopic (exact) mass is 477 g/mol. The highest BCUT2D eigenvalue weighted by molar-refractivity contribution is 7.99.